The molecule has 0 N–H and O–H groups in total. The van der Waals surface area contributed by atoms with Crippen molar-refractivity contribution < 1.29 is 4.74 Å². The third-order valence-electron chi connectivity index (χ3n) is 3.19. The van der Waals surface area contributed by atoms with Crippen LogP contribution in [0.4, 0.5) is 0 Å². The van der Waals surface area contributed by atoms with Crippen LogP contribution in [0.15, 0.2) is 12.3 Å². The quantitative estimate of drug-likeness (QED) is 0.796. The maximum absolute atomic E-state index is 5.98. The second-order valence-electron chi connectivity index (χ2n) is 4.40. The van der Waals surface area contributed by atoms with Gasteiger partial charge in [-0.25, -0.2) is 9.97 Å². The van der Waals surface area contributed by atoms with Gasteiger partial charge < -0.3 is 9.30 Å². The normalized spacial score (nSPS) is 20.4. The summed E-state index contributed by atoms with van der Waals surface area (Å²) in [6.45, 7) is 1.53. The van der Waals surface area contributed by atoms with Crippen LogP contribution in [-0.4, -0.2) is 27.7 Å². The van der Waals surface area contributed by atoms with Crippen LogP contribution in [0.25, 0.3) is 11.2 Å². The Morgan fingerprint density at radius 1 is 1.50 bits per heavy atom. The van der Waals surface area contributed by atoms with Crippen molar-refractivity contribution in [2.24, 2.45) is 0 Å². The number of fused-ring (bicyclic) bond motifs is 1. The molecule has 1 unspecified atom stereocenters. The van der Waals surface area contributed by atoms with Crippen molar-refractivity contribution in [3.63, 3.8) is 0 Å². The minimum atomic E-state index is 0.270. The zero-order valence-electron chi connectivity index (χ0n) is 9.77. The highest BCUT2D eigenvalue weighted by atomic mass is 35.5. The number of rotatable bonds is 2. The average Bonchev–Trinajstić information content (AvgIpc) is 2.77. The molecule has 1 saturated heterocycles. The number of aromatic nitrogens is 3. The Morgan fingerprint density at radius 2 is 2.39 bits per heavy atom. The van der Waals surface area contributed by atoms with Crippen LogP contribution in [0.1, 0.15) is 24.7 Å². The molecule has 0 saturated carbocycles. The fraction of sp³-hybridized carbons (Fsp3) is 0.500. The highest BCUT2D eigenvalue weighted by Crippen LogP contribution is 2.27. The van der Waals surface area contributed by atoms with Gasteiger partial charge in [-0.3, -0.25) is 0 Å². The van der Waals surface area contributed by atoms with Crippen LogP contribution >= 0.6 is 23.2 Å². The van der Waals surface area contributed by atoms with Crippen LogP contribution in [0, 0.1) is 0 Å². The zero-order valence-corrected chi connectivity index (χ0v) is 11.3. The van der Waals surface area contributed by atoms with Crippen molar-refractivity contribution in [2.45, 2.75) is 24.8 Å². The van der Waals surface area contributed by atoms with E-state index in [4.69, 9.17) is 27.9 Å². The Labute approximate surface area is 115 Å². The van der Waals surface area contributed by atoms with E-state index in [1.807, 2.05) is 6.07 Å². The maximum Gasteiger partial charge on any atom is 0.160 e. The number of halogens is 2. The summed E-state index contributed by atoms with van der Waals surface area (Å²) in [7, 11) is 0. The molecule has 4 nitrogen and oxygen atoms in total. The lowest BCUT2D eigenvalue weighted by atomic mass is 10.1. The molecule has 0 radical (unpaired) electrons. The summed E-state index contributed by atoms with van der Waals surface area (Å²) in [5.41, 5.74) is 1.63. The monoisotopic (exact) mass is 285 g/mol. The Hall–Kier alpha value is -0.840. The first-order valence-corrected chi connectivity index (χ1v) is 6.87. The second kappa shape index (κ2) is 5.03. The molecule has 0 aromatic carbocycles. The van der Waals surface area contributed by atoms with Crippen molar-refractivity contribution in [3.05, 3.63) is 23.1 Å². The number of imidazole rings is 1. The zero-order chi connectivity index (χ0) is 12.5. The molecule has 3 heterocycles. The first kappa shape index (κ1) is 12.2. The van der Waals surface area contributed by atoms with Gasteiger partial charge in [0.25, 0.3) is 0 Å². The highest BCUT2D eigenvalue weighted by molar-refractivity contribution is 6.31. The van der Waals surface area contributed by atoms with Gasteiger partial charge in [-0.15, -0.1) is 11.6 Å². The first-order chi connectivity index (χ1) is 8.79. The number of hydrogen-bond donors (Lipinski definition) is 0. The van der Waals surface area contributed by atoms with E-state index in [0.29, 0.717) is 17.5 Å². The average molecular weight is 286 g/mol. The maximum atomic E-state index is 5.98. The molecule has 6 heteroatoms. The van der Waals surface area contributed by atoms with Crippen molar-refractivity contribution in [1.82, 2.24) is 14.5 Å². The molecule has 3 rings (SSSR count). The third kappa shape index (κ3) is 2.09. The van der Waals surface area contributed by atoms with Gasteiger partial charge in [0.05, 0.1) is 23.6 Å². The van der Waals surface area contributed by atoms with Crippen molar-refractivity contribution in [1.29, 1.82) is 0 Å². The van der Waals surface area contributed by atoms with Gasteiger partial charge in [0.1, 0.15) is 11.3 Å². The molecule has 1 aliphatic rings. The van der Waals surface area contributed by atoms with Gasteiger partial charge in [-0.2, -0.15) is 0 Å². The van der Waals surface area contributed by atoms with Gasteiger partial charge in [0.15, 0.2) is 5.65 Å². The summed E-state index contributed by atoms with van der Waals surface area (Å²) in [6, 6.07) is 2.09. The molecule has 2 aromatic heterocycles. The van der Waals surface area contributed by atoms with Crippen LogP contribution < -0.4 is 0 Å². The molecule has 0 amide bonds. The lowest BCUT2D eigenvalue weighted by Gasteiger charge is -2.24. The van der Waals surface area contributed by atoms with E-state index in [1.165, 1.54) is 0 Å². The summed E-state index contributed by atoms with van der Waals surface area (Å²) in [5.74, 6) is 1.20. The number of hydrogen-bond acceptors (Lipinski definition) is 3. The van der Waals surface area contributed by atoms with E-state index < -0.39 is 0 Å². The van der Waals surface area contributed by atoms with Crippen LogP contribution in [0.2, 0.25) is 5.02 Å². The number of nitrogens with zero attached hydrogens (tertiary/aromatic N) is 3. The minimum absolute atomic E-state index is 0.270. The number of pyridine rings is 1. The first-order valence-electron chi connectivity index (χ1n) is 5.95. The largest absolute Gasteiger partial charge is 0.379 e. The van der Waals surface area contributed by atoms with Crippen LogP contribution in [0.3, 0.4) is 0 Å². The Kier molecular flexibility index (Phi) is 3.41. The minimum Gasteiger partial charge on any atom is -0.379 e. The molecular formula is C12H13Cl2N3O. The molecule has 18 heavy (non-hydrogen) atoms. The van der Waals surface area contributed by atoms with Gasteiger partial charge in [-0.1, -0.05) is 11.6 Å². The van der Waals surface area contributed by atoms with Crippen molar-refractivity contribution >= 4 is 34.4 Å². The van der Waals surface area contributed by atoms with Crippen LogP contribution in [-0.2, 0) is 10.6 Å². The Bertz CT molecular complexity index is 564. The van der Waals surface area contributed by atoms with Gasteiger partial charge in [-0.05, 0) is 18.9 Å². The predicted molar refractivity (Wildman–Crippen MR) is 71.2 cm³/mol. The third-order valence-corrected chi connectivity index (χ3v) is 3.64. The van der Waals surface area contributed by atoms with E-state index in [2.05, 4.69) is 14.5 Å². The molecule has 96 valence electrons. The molecule has 0 spiro atoms. The molecule has 0 bridgehead atoms. The molecular weight excluding hydrogens is 273 g/mol. The van der Waals surface area contributed by atoms with Gasteiger partial charge in [0.2, 0.25) is 0 Å². The lowest BCUT2D eigenvalue weighted by molar-refractivity contribution is 0.0595. The summed E-state index contributed by atoms with van der Waals surface area (Å²) in [6.07, 6.45) is 3.77. The smallest absolute Gasteiger partial charge is 0.160 e. The standard InChI is InChI=1S/C12H13Cl2N3O/c13-5-11-16-10-4-8(14)6-15-12(10)17(11)9-2-1-3-18-7-9/h4,6,9H,1-3,5,7H2. The molecule has 1 fully saturated rings. The lowest BCUT2D eigenvalue weighted by Crippen LogP contribution is -2.22. The van der Waals surface area contributed by atoms with Gasteiger partial charge >= 0.3 is 0 Å². The van der Waals surface area contributed by atoms with E-state index >= 15 is 0 Å². The fourth-order valence-corrected chi connectivity index (χ4v) is 2.75. The van der Waals surface area contributed by atoms with Crippen molar-refractivity contribution in [3.8, 4) is 0 Å². The Morgan fingerprint density at radius 3 is 3.11 bits per heavy atom. The summed E-state index contributed by atoms with van der Waals surface area (Å²) < 4.78 is 7.63. The van der Waals surface area contributed by atoms with E-state index in [9.17, 15) is 0 Å². The van der Waals surface area contributed by atoms with E-state index in [1.54, 1.807) is 6.20 Å². The predicted octanol–water partition coefficient (Wildman–Crippen LogP) is 3.18. The number of ether oxygens (including phenoxy) is 1. The van der Waals surface area contributed by atoms with Crippen LogP contribution in [0.5, 0.6) is 0 Å². The summed E-state index contributed by atoms with van der Waals surface area (Å²) >= 11 is 11.9. The second-order valence-corrected chi connectivity index (χ2v) is 5.10. The molecule has 1 atom stereocenters. The number of alkyl halides is 1. The fourth-order valence-electron chi connectivity index (χ4n) is 2.41. The SMILES string of the molecule is ClCc1nc2cc(Cl)cnc2n1C1CCCOC1. The van der Waals surface area contributed by atoms with Gasteiger partial charge in [0, 0.05) is 12.8 Å². The topological polar surface area (TPSA) is 39.9 Å². The molecule has 0 aliphatic carbocycles. The summed E-state index contributed by atoms with van der Waals surface area (Å²) in [4.78, 5) is 8.87. The van der Waals surface area contributed by atoms with Crippen molar-refractivity contribution in [2.75, 3.05) is 13.2 Å². The Balaban J connectivity index is 2.12. The molecule has 1 aliphatic heterocycles. The highest BCUT2D eigenvalue weighted by Gasteiger charge is 2.22. The van der Waals surface area contributed by atoms with E-state index in [0.717, 1.165) is 36.4 Å². The summed E-state index contributed by atoms with van der Waals surface area (Å²) in [5, 5.41) is 0.591. The van der Waals surface area contributed by atoms with E-state index in [-0.39, 0.29) is 6.04 Å². The molecule has 2 aromatic rings.